The van der Waals surface area contributed by atoms with Gasteiger partial charge in [0.2, 0.25) is 0 Å². The number of hydrogen-bond donors (Lipinski definition) is 3. The highest BCUT2D eigenvalue weighted by Crippen LogP contribution is 2.29. The van der Waals surface area contributed by atoms with Crippen LogP contribution in [0.5, 0.6) is 0 Å². The summed E-state index contributed by atoms with van der Waals surface area (Å²) in [6.07, 6.45) is 2.06. The fraction of sp³-hybridized carbons (Fsp3) is 0.227. The molecule has 0 fully saturated rings. The number of hydrogen-bond acceptors (Lipinski definition) is 4. The van der Waals surface area contributed by atoms with E-state index >= 15 is 0 Å². The highest BCUT2D eigenvalue weighted by Gasteiger charge is 2.19. The van der Waals surface area contributed by atoms with Crippen LogP contribution >= 0.6 is 11.6 Å². The maximum absolute atomic E-state index is 12.7. The van der Waals surface area contributed by atoms with E-state index in [9.17, 15) is 19.5 Å². The Morgan fingerprint density at radius 1 is 1.07 bits per heavy atom. The third-order valence-corrected chi connectivity index (χ3v) is 5.36. The molecule has 0 bridgehead atoms. The van der Waals surface area contributed by atoms with Crippen molar-refractivity contribution in [1.29, 1.82) is 0 Å². The molecule has 0 aromatic heterocycles. The number of rotatable bonds is 5. The van der Waals surface area contributed by atoms with Crippen molar-refractivity contribution in [3.8, 4) is 0 Å². The third kappa shape index (κ3) is 4.49. The monoisotopic (exact) mass is 412 g/mol. The van der Waals surface area contributed by atoms with Crippen LogP contribution in [0.1, 0.15) is 52.5 Å². The Labute approximate surface area is 173 Å². The topological polar surface area (TPSA) is 95.5 Å². The number of carbonyl (C=O) groups is 3. The van der Waals surface area contributed by atoms with E-state index in [1.807, 2.05) is 0 Å². The Bertz CT molecular complexity index is 1040. The first-order valence-electron chi connectivity index (χ1n) is 9.21. The molecule has 7 heteroatoms. The molecule has 0 saturated carbocycles. The van der Waals surface area contributed by atoms with Crippen LogP contribution in [0, 0.1) is 6.92 Å². The Kier molecular flexibility index (Phi) is 6.03. The van der Waals surface area contributed by atoms with Crippen LogP contribution in [0.15, 0.2) is 47.7 Å². The second kappa shape index (κ2) is 8.49. The molecule has 3 N–H and O–H groups in total. The van der Waals surface area contributed by atoms with Gasteiger partial charge in [-0.25, -0.2) is 4.79 Å². The van der Waals surface area contributed by atoms with Gasteiger partial charge in [-0.1, -0.05) is 17.7 Å². The van der Waals surface area contributed by atoms with E-state index in [4.69, 9.17) is 11.6 Å². The van der Waals surface area contributed by atoms with Gasteiger partial charge in [-0.05, 0) is 62.6 Å². The number of Topliss-reactive ketones (excluding diaryl/α,β-unsaturated/α-hetero) is 1. The number of aromatic carboxylic acids is 1. The first-order chi connectivity index (χ1) is 13.8. The van der Waals surface area contributed by atoms with Gasteiger partial charge in [0.05, 0.1) is 16.3 Å². The Morgan fingerprint density at radius 3 is 2.55 bits per heavy atom. The van der Waals surface area contributed by atoms with Crippen LogP contribution in [0.3, 0.4) is 0 Å². The minimum Gasteiger partial charge on any atom is -0.478 e. The van der Waals surface area contributed by atoms with Crippen LogP contribution in [0.2, 0.25) is 5.02 Å². The number of carbonyl (C=O) groups excluding carboxylic acids is 2. The van der Waals surface area contributed by atoms with Crippen molar-refractivity contribution in [2.24, 2.45) is 0 Å². The molecule has 0 spiro atoms. The van der Waals surface area contributed by atoms with E-state index in [1.165, 1.54) is 6.07 Å². The molecule has 1 aliphatic carbocycles. The number of allylic oxidation sites excluding steroid dienone is 2. The van der Waals surface area contributed by atoms with Crippen LogP contribution in [0.4, 0.5) is 11.4 Å². The Hall–Kier alpha value is -3.12. The third-order valence-electron chi connectivity index (χ3n) is 5.03. The summed E-state index contributed by atoms with van der Waals surface area (Å²) in [6.45, 7) is 3.43. The van der Waals surface area contributed by atoms with Crippen LogP contribution in [-0.2, 0) is 4.79 Å². The first kappa shape index (κ1) is 20.6. The smallest absolute Gasteiger partial charge is 0.336 e. The number of carboxylic acid groups (broad SMARTS) is 1. The molecule has 0 saturated heterocycles. The largest absolute Gasteiger partial charge is 0.478 e. The zero-order valence-corrected chi connectivity index (χ0v) is 16.9. The molecular weight excluding hydrogens is 392 g/mol. The molecule has 29 heavy (non-hydrogen) atoms. The second-order valence-corrected chi connectivity index (χ2v) is 7.34. The van der Waals surface area contributed by atoms with Crippen molar-refractivity contribution in [1.82, 2.24) is 0 Å². The van der Waals surface area contributed by atoms with Gasteiger partial charge in [0.1, 0.15) is 0 Å². The van der Waals surface area contributed by atoms with Gasteiger partial charge in [0.15, 0.2) is 5.78 Å². The molecule has 1 aliphatic rings. The van der Waals surface area contributed by atoms with E-state index in [1.54, 1.807) is 44.2 Å². The van der Waals surface area contributed by atoms with Gasteiger partial charge in [0, 0.05) is 28.9 Å². The van der Waals surface area contributed by atoms with Crippen LogP contribution in [0.25, 0.3) is 0 Å². The fourth-order valence-corrected chi connectivity index (χ4v) is 3.41. The average Bonchev–Trinajstić information content (AvgIpc) is 2.68. The number of ketones is 1. The van der Waals surface area contributed by atoms with Crippen molar-refractivity contribution in [2.75, 3.05) is 10.6 Å². The molecular formula is C22H21ClN2O4. The first-order valence-corrected chi connectivity index (χ1v) is 9.59. The number of carboxylic acids is 1. The van der Waals surface area contributed by atoms with Gasteiger partial charge in [-0.15, -0.1) is 0 Å². The van der Waals surface area contributed by atoms with Gasteiger partial charge in [0.25, 0.3) is 5.91 Å². The van der Waals surface area contributed by atoms with Crippen molar-refractivity contribution in [2.45, 2.75) is 33.1 Å². The lowest BCUT2D eigenvalue weighted by molar-refractivity contribution is -0.116. The van der Waals surface area contributed by atoms with Crippen molar-refractivity contribution in [3.63, 3.8) is 0 Å². The number of benzene rings is 2. The number of amides is 1. The summed E-state index contributed by atoms with van der Waals surface area (Å²) in [4.78, 5) is 35.9. The number of anilines is 2. The fourth-order valence-electron chi connectivity index (χ4n) is 3.25. The van der Waals surface area contributed by atoms with Crippen molar-refractivity contribution >= 4 is 40.6 Å². The normalized spacial score (nSPS) is 14.0. The summed E-state index contributed by atoms with van der Waals surface area (Å²) in [5.74, 6) is -1.33. The summed E-state index contributed by atoms with van der Waals surface area (Å²) in [5, 5.41) is 15.6. The average molecular weight is 413 g/mol. The lowest BCUT2D eigenvalue weighted by Crippen LogP contribution is -2.16. The zero-order chi connectivity index (χ0) is 21.1. The van der Waals surface area contributed by atoms with Crippen LogP contribution < -0.4 is 10.6 Å². The highest BCUT2D eigenvalue weighted by molar-refractivity contribution is 6.33. The van der Waals surface area contributed by atoms with E-state index < -0.39 is 5.97 Å². The number of nitrogens with one attached hydrogen (secondary N) is 2. The molecule has 150 valence electrons. The molecule has 3 rings (SSSR count). The standard InChI is InChI=1S/C22H21ClN2O4/c1-12-15(22(28)29)5-3-6-17(12)25-21(27)14-9-10-16(23)19(11-14)24-18-7-4-8-20(26)13(18)2/h3,5-6,9-11,24H,4,7-8H2,1-2H3,(H,25,27)(H,28,29). The van der Waals surface area contributed by atoms with Crippen molar-refractivity contribution in [3.05, 3.63) is 69.4 Å². The quantitative estimate of drug-likeness (QED) is 0.639. The molecule has 2 aromatic carbocycles. The SMILES string of the molecule is CC1=C(Nc2cc(C(=O)Nc3cccc(C(=O)O)c3C)ccc2Cl)CCCC1=O. The Morgan fingerprint density at radius 2 is 1.83 bits per heavy atom. The highest BCUT2D eigenvalue weighted by atomic mass is 35.5. The molecule has 6 nitrogen and oxygen atoms in total. The van der Waals surface area contributed by atoms with E-state index in [0.717, 1.165) is 18.5 Å². The van der Waals surface area contributed by atoms with Crippen LogP contribution in [-0.4, -0.2) is 22.8 Å². The molecule has 0 atom stereocenters. The summed E-state index contributed by atoms with van der Waals surface area (Å²) in [6, 6.07) is 9.53. The summed E-state index contributed by atoms with van der Waals surface area (Å²) in [7, 11) is 0. The molecule has 0 aliphatic heterocycles. The van der Waals surface area contributed by atoms with Gasteiger partial charge < -0.3 is 15.7 Å². The van der Waals surface area contributed by atoms with Crippen molar-refractivity contribution < 1.29 is 19.5 Å². The van der Waals surface area contributed by atoms with E-state index in [2.05, 4.69) is 10.6 Å². The summed E-state index contributed by atoms with van der Waals surface area (Å²) in [5.41, 5.74) is 3.43. The maximum Gasteiger partial charge on any atom is 0.336 e. The minimum atomic E-state index is -1.05. The zero-order valence-electron chi connectivity index (χ0n) is 16.1. The lowest BCUT2D eigenvalue weighted by atomic mass is 9.96. The molecule has 0 unspecified atom stereocenters. The van der Waals surface area contributed by atoms with Gasteiger partial charge in [-0.3, -0.25) is 9.59 Å². The predicted octanol–water partition coefficient (Wildman–Crippen LogP) is 5.04. The summed E-state index contributed by atoms with van der Waals surface area (Å²) < 4.78 is 0. The van der Waals surface area contributed by atoms with Gasteiger partial charge >= 0.3 is 5.97 Å². The Balaban J connectivity index is 1.85. The maximum atomic E-state index is 12.7. The molecule has 2 aromatic rings. The molecule has 0 radical (unpaired) electrons. The predicted molar refractivity (Wildman–Crippen MR) is 113 cm³/mol. The second-order valence-electron chi connectivity index (χ2n) is 6.94. The molecule has 0 heterocycles. The van der Waals surface area contributed by atoms with E-state index in [-0.39, 0.29) is 17.3 Å². The summed E-state index contributed by atoms with van der Waals surface area (Å²) >= 11 is 6.28. The van der Waals surface area contributed by atoms with E-state index in [0.29, 0.717) is 39.5 Å². The molecule has 1 amide bonds. The van der Waals surface area contributed by atoms with Gasteiger partial charge in [-0.2, -0.15) is 0 Å². The minimum absolute atomic E-state index is 0.109. The number of halogens is 1. The lowest BCUT2D eigenvalue weighted by Gasteiger charge is -2.19.